The van der Waals surface area contributed by atoms with Crippen molar-refractivity contribution in [2.45, 2.75) is 64.8 Å². The Kier molecular flexibility index (Phi) is 7.67. The zero-order chi connectivity index (χ0) is 30.3. The fourth-order valence-corrected chi connectivity index (χ4v) is 6.59. The Morgan fingerprint density at radius 1 is 1.23 bits per heavy atom. The Labute approximate surface area is 249 Å². The second-order valence-corrected chi connectivity index (χ2v) is 12.1. The molecule has 9 nitrogen and oxygen atoms in total. The minimum absolute atomic E-state index is 0.0154. The summed E-state index contributed by atoms with van der Waals surface area (Å²) >= 11 is 0. The fourth-order valence-electron chi connectivity index (χ4n) is 6.59. The zero-order valence-electron chi connectivity index (χ0n) is 24.5. The van der Waals surface area contributed by atoms with E-state index in [9.17, 15) is 18.8 Å². The molecule has 2 fully saturated rings. The van der Waals surface area contributed by atoms with E-state index in [1.807, 2.05) is 20.8 Å². The third kappa shape index (κ3) is 5.48. The summed E-state index contributed by atoms with van der Waals surface area (Å²) in [6.07, 6.45) is 7.46. The van der Waals surface area contributed by atoms with Crippen molar-refractivity contribution < 1.29 is 23.0 Å². The summed E-state index contributed by atoms with van der Waals surface area (Å²) in [5, 5.41) is 9.39. The van der Waals surface area contributed by atoms with E-state index < -0.39 is 11.6 Å². The predicted molar refractivity (Wildman–Crippen MR) is 156 cm³/mol. The molecular formula is C31H33BF2N6O3. The van der Waals surface area contributed by atoms with E-state index in [2.05, 4.69) is 25.8 Å². The number of nitriles is 1. The lowest BCUT2D eigenvalue weighted by Crippen LogP contribution is -2.65. The van der Waals surface area contributed by atoms with E-state index in [-0.39, 0.29) is 47.2 Å². The van der Waals surface area contributed by atoms with Crippen molar-refractivity contribution in [2.75, 3.05) is 24.5 Å². The van der Waals surface area contributed by atoms with Crippen LogP contribution in [0, 0.1) is 28.3 Å². The quantitative estimate of drug-likeness (QED) is 0.338. The lowest BCUT2D eigenvalue weighted by molar-refractivity contribution is -0.0365. The molecule has 2 aliphatic heterocycles. The number of nitrogens with zero attached hydrogens (tertiary/aromatic N) is 6. The molecule has 1 saturated heterocycles. The molecule has 1 saturated carbocycles. The lowest BCUT2D eigenvalue weighted by Gasteiger charge is -2.59. The third-order valence-corrected chi connectivity index (χ3v) is 8.77. The lowest BCUT2D eigenvalue weighted by atomic mass is 9.42. The highest BCUT2D eigenvalue weighted by Crippen LogP contribution is 2.52. The predicted octanol–water partition coefficient (Wildman–Crippen LogP) is 5.06. The first-order chi connectivity index (χ1) is 20.7. The largest absolute Gasteiger partial charge is 0.487 e. The van der Waals surface area contributed by atoms with Crippen molar-refractivity contribution in [3.8, 4) is 23.2 Å². The van der Waals surface area contributed by atoms with Gasteiger partial charge in [-0.1, -0.05) is 6.32 Å². The second-order valence-electron chi connectivity index (χ2n) is 12.1. The average molecular weight is 586 g/mol. The fraction of sp³-hybridized carbons (Fsp3) is 0.452. The summed E-state index contributed by atoms with van der Waals surface area (Å²) in [5.74, 6) is 2.41. The monoisotopic (exact) mass is 586 g/mol. The number of halogens is 2. The topological polar surface area (TPSA) is 104 Å². The molecule has 0 N–H and O–H groups in total. The van der Waals surface area contributed by atoms with Crippen molar-refractivity contribution in [1.29, 1.82) is 5.26 Å². The molecule has 1 amide bonds. The number of pyridine rings is 1. The summed E-state index contributed by atoms with van der Waals surface area (Å²) in [6.45, 7) is 7.43. The molecule has 43 heavy (non-hydrogen) atoms. The van der Waals surface area contributed by atoms with E-state index in [0.29, 0.717) is 43.9 Å². The molecule has 0 radical (unpaired) electrons. The number of benzene rings is 1. The molecule has 2 aromatic heterocycles. The normalized spacial score (nSPS) is 17.1. The van der Waals surface area contributed by atoms with Gasteiger partial charge in [-0.05, 0) is 64.6 Å². The van der Waals surface area contributed by atoms with Gasteiger partial charge in [-0.25, -0.2) is 24.0 Å². The Balaban J connectivity index is 1.13. The molecule has 12 heteroatoms. The number of aryl methyl sites for hydroxylation is 1. The van der Waals surface area contributed by atoms with Gasteiger partial charge in [0, 0.05) is 48.3 Å². The number of anilines is 1. The third-order valence-electron chi connectivity index (χ3n) is 8.77. The Bertz CT molecular complexity index is 1580. The van der Waals surface area contributed by atoms with Crippen LogP contribution in [0.25, 0.3) is 0 Å². The molecular weight excluding hydrogens is 553 g/mol. The number of hydrogen-bond acceptors (Lipinski definition) is 8. The van der Waals surface area contributed by atoms with Crippen LogP contribution in [0.15, 0.2) is 36.9 Å². The van der Waals surface area contributed by atoms with Crippen LogP contribution < -0.4 is 14.4 Å². The molecule has 1 spiro atoms. The van der Waals surface area contributed by atoms with Crippen molar-refractivity contribution in [1.82, 2.24) is 19.9 Å². The number of rotatable bonds is 8. The van der Waals surface area contributed by atoms with Crippen molar-refractivity contribution in [3.63, 3.8) is 0 Å². The van der Waals surface area contributed by atoms with Crippen LogP contribution in [0.1, 0.15) is 55.2 Å². The number of aromatic nitrogens is 3. The highest BCUT2D eigenvalue weighted by Gasteiger charge is 2.54. The van der Waals surface area contributed by atoms with Crippen LogP contribution in [0.5, 0.6) is 17.2 Å². The van der Waals surface area contributed by atoms with E-state index in [1.165, 1.54) is 30.7 Å². The summed E-state index contributed by atoms with van der Waals surface area (Å²) in [7, 11) is 0. The Morgan fingerprint density at radius 3 is 2.74 bits per heavy atom. The molecule has 222 valence electrons. The minimum atomic E-state index is -0.525. The van der Waals surface area contributed by atoms with Crippen LogP contribution >= 0.6 is 0 Å². The molecule has 1 aromatic carbocycles. The zero-order valence-corrected chi connectivity index (χ0v) is 24.5. The summed E-state index contributed by atoms with van der Waals surface area (Å²) in [5.41, 5.74) is 1.70. The SMILES string of the molecule is CCN(C(=O)c1cc(F)ccc1Oc1cncnc1N1CC2(CC(Oc3c(F)cnc4c3CB(C#N)CC4)C2)C1)C(C)C. The van der Waals surface area contributed by atoms with Crippen molar-refractivity contribution >= 4 is 18.4 Å². The maximum Gasteiger partial charge on any atom is 0.272 e. The molecule has 3 aromatic rings. The van der Waals surface area contributed by atoms with E-state index in [0.717, 1.165) is 30.4 Å². The number of hydrogen-bond donors (Lipinski definition) is 0. The van der Waals surface area contributed by atoms with Gasteiger partial charge in [-0.2, -0.15) is 0 Å². The van der Waals surface area contributed by atoms with Gasteiger partial charge in [-0.3, -0.25) is 9.78 Å². The highest BCUT2D eigenvalue weighted by molar-refractivity contribution is 6.66. The van der Waals surface area contributed by atoms with Crippen LogP contribution in [0.2, 0.25) is 6.32 Å². The summed E-state index contributed by atoms with van der Waals surface area (Å²) < 4.78 is 41.3. The first kappa shape index (κ1) is 28.8. The van der Waals surface area contributed by atoms with Gasteiger partial charge in [-0.15, -0.1) is 0 Å². The van der Waals surface area contributed by atoms with Crippen LogP contribution in [-0.2, 0) is 12.7 Å². The van der Waals surface area contributed by atoms with Gasteiger partial charge in [0.25, 0.3) is 12.6 Å². The minimum Gasteiger partial charge on any atom is -0.487 e. The van der Waals surface area contributed by atoms with E-state index in [4.69, 9.17) is 9.47 Å². The highest BCUT2D eigenvalue weighted by atomic mass is 19.1. The van der Waals surface area contributed by atoms with Gasteiger partial charge < -0.3 is 19.3 Å². The number of fused-ring (bicyclic) bond motifs is 1. The molecule has 6 rings (SSSR count). The van der Waals surface area contributed by atoms with Crippen molar-refractivity contribution in [3.05, 3.63) is 65.4 Å². The summed E-state index contributed by atoms with van der Waals surface area (Å²) in [6, 6.07) is 3.85. The number of carbonyl (C=O) groups excluding carboxylic acids is 1. The van der Waals surface area contributed by atoms with Crippen LogP contribution in [-0.4, -0.2) is 64.3 Å². The maximum absolute atomic E-state index is 14.8. The van der Waals surface area contributed by atoms with Crippen LogP contribution in [0.4, 0.5) is 14.6 Å². The van der Waals surface area contributed by atoms with Gasteiger partial charge in [0.15, 0.2) is 23.1 Å². The molecule has 0 atom stereocenters. The first-order valence-corrected chi connectivity index (χ1v) is 14.8. The molecule has 0 bridgehead atoms. The Hall–Kier alpha value is -4.27. The Morgan fingerprint density at radius 2 is 2.02 bits per heavy atom. The van der Waals surface area contributed by atoms with E-state index in [1.54, 1.807) is 11.1 Å². The number of amides is 1. The standard InChI is InChI=1S/C31H33BF2N6O3/c1-4-40(19(2)3)30(41)22-9-20(33)5-6-26(22)43-27-14-36-18-38-29(27)39-15-31(16-39)10-21(11-31)42-28-23-12-32(17-35)8-7-25(23)37-13-24(28)34/h5-6,9,13-14,18-19,21H,4,7-8,10-12,15-16H2,1-3H3. The van der Waals surface area contributed by atoms with E-state index >= 15 is 0 Å². The van der Waals surface area contributed by atoms with Gasteiger partial charge in [0.2, 0.25) is 0 Å². The van der Waals surface area contributed by atoms with Gasteiger partial charge >= 0.3 is 0 Å². The molecule has 3 aliphatic rings. The number of carbonyl (C=O) groups is 1. The molecule has 0 unspecified atom stereocenters. The number of ether oxygens (including phenoxy) is 2. The maximum atomic E-state index is 14.8. The average Bonchev–Trinajstić information content (AvgIpc) is 2.95. The van der Waals surface area contributed by atoms with Crippen LogP contribution in [0.3, 0.4) is 0 Å². The smallest absolute Gasteiger partial charge is 0.272 e. The summed E-state index contributed by atoms with van der Waals surface area (Å²) in [4.78, 5) is 29.8. The molecule has 4 heterocycles. The second kappa shape index (κ2) is 11.4. The van der Waals surface area contributed by atoms with Gasteiger partial charge in [0.1, 0.15) is 24.0 Å². The first-order valence-electron chi connectivity index (χ1n) is 14.8. The van der Waals surface area contributed by atoms with Crippen molar-refractivity contribution in [2.24, 2.45) is 5.41 Å². The molecule has 1 aliphatic carbocycles. The van der Waals surface area contributed by atoms with Gasteiger partial charge in [0.05, 0.1) is 18.0 Å².